The van der Waals surface area contributed by atoms with Crippen LogP contribution in [-0.2, 0) is 6.42 Å². The number of nitrogens with one attached hydrogen (secondary N) is 1. The van der Waals surface area contributed by atoms with Crippen molar-refractivity contribution in [3.05, 3.63) is 82.9 Å². The third-order valence-corrected chi connectivity index (χ3v) is 5.93. The topological polar surface area (TPSA) is 60.0 Å². The van der Waals surface area contributed by atoms with Gasteiger partial charge in [-0.05, 0) is 65.9 Å². The van der Waals surface area contributed by atoms with Crippen LogP contribution in [0.5, 0.6) is 17.2 Å². The van der Waals surface area contributed by atoms with Crippen molar-refractivity contribution in [1.82, 2.24) is 4.90 Å². The van der Waals surface area contributed by atoms with E-state index in [9.17, 15) is 4.79 Å². The lowest BCUT2D eigenvalue weighted by molar-refractivity contribution is 0.193. The summed E-state index contributed by atoms with van der Waals surface area (Å²) < 4.78 is 16.3. The van der Waals surface area contributed by atoms with Gasteiger partial charge in [-0.2, -0.15) is 0 Å². The van der Waals surface area contributed by atoms with E-state index in [0.29, 0.717) is 18.0 Å². The van der Waals surface area contributed by atoms with Crippen LogP contribution in [-0.4, -0.2) is 38.8 Å². The molecule has 6 heteroatoms. The van der Waals surface area contributed by atoms with Gasteiger partial charge in [0, 0.05) is 12.2 Å². The SMILES string of the molecule is COc1ccc(NC(=O)N2CCc3cc(OC)c(OC)cc3C2c2ccccc2)c(C)c1. The maximum atomic E-state index is 13.5. The molecule has 0 spiro atoms. The second-order valence-corrected chi connectivity index (χ2v) is 7.77. The molecule has 0 saturated carbocycles. The van der Waals surface area contributed by atoms with Crippen LogP contribution in [0.2, 0.25) is 0 Å². The first-order chi connectivity index (χ1) is 15.5. The highest BCUT2D eigenvalue weighted by Gasteiger charge is 2.33. The van der Waals surface area contributed by atoms with Crippen LogP contribution in [0, 0.1) is 6.92 Å². The van der Waals surface area contributed by atoms with Gasteiger partial charge >= 0.3 is 6.03 Å². The number of aryl methyl sites for hydroxylation is 1. The first kappa shape index (κ1) is 21.6. The Morgan fingerprint density at radius 1 is 0.938 bits per heavy atom. The Balaban J connectivity index is 1.73. The van der Waals surface area contributed by atoms with Gasteiger partial charge in [-0.1, -0.05) is 30.3 Å². The summed E-state index contributed by atoms with van der Waals surface area (Å²) >= 11 is 0. The van der Waals surface area contributed by atoms with Gasteiger partial charge in [0.15, 0.2) is 11.5 Å². The number of fused-ring (bicyclic) bond motifs is 1. The number of rotatable bonds is 5. The molecular weight excluding hydrogens is 404 g/mol. The number of nitrogens with zero attached hydrogens (tertiary/aromatic N) is 1. The lowest BCUT2D eigenvalue weighted by Gasteiger charge is -2.38. The number of hydrogen-bond acceptors (Lipinski definition) is 4. The minimum atomic E-state index is -0.238. The van der Waals surface area contributed by atoms with E-state index in [1.54, 1.807) is 21.3 Å². The fraction of sp³-hybridized carbons (Fsp3) is 0.269. The summed E-state index contributed by atoms with van der Waals surface area (Å²) in [5, 5.41) is 3.09. The molecule has 1 N–H and O–H groups in total. The number of carbonyl (C=O) groups is 1. The van der Waals surface area contributed by atoms with E-state index in [-0.39, 0.29) is 12.1 Å². The number of methoxy groups -OCH3 is 3. The smallest absolute Gasteiger partial charge is 0.322 e. The molecule has 1 aliphatic heterocycles. The van der Waals surface area contributed by atoms with Gasteiger partial charge in [0.25, 0.3) is 0 Å². The molecule has 3 aromatic carbocycles. The molecule has 0 aromatic heterocycles. The van der Waals surface area contributed by atoms with Crippen LogP contribution in [0.1, 0.15) is 28.3 Å². The van der Waals surface area contributed by atoms with Crippen molar-refractivity contribution in [2.45, 2.75) is 19.4 Å². The van der Waals surface area contributed by atoms with E-state index in [1.165, 1.54) is 0 Å². The molecule has 0 aliphatic carbocycles. The van der Waals surface area contributed by atoms with E-state index >= 15 is 0 Å². The number of carbonyl (C=O) groups excluding carboxylic acids is 1. The zero-order valence-corrected chi connectivity index (χ0v) is 18.8. The van der Waals surface area contributed by atoms with E-state index in [4.69, 9.17) is 14.2 Å². The number of benzene rings is 3. The first-order valence-corrected chi connectivity index (χ1v) is 10.6. The maximum absolute atomic E-state index is 13.5. The molecule has 1 aliphatic rings. The second kappa shape index (κ2) is 9.22. The van der Waals surface area contributed by atoms with Gasteiger partial charge in [0.2, 0.25) is 0 Å². The molecule has 3 aromatic rings. The van der Waals surface area contributed by atoms with Crippen LogP contribution in [0.4, 0.5) is 10.5 Å². The predicted octanol–water partition coefficient (Wildman–Crippen LogP) is 5.20. The molecule has 1 unspecified atom stereocenters. The average molecular weight is 433 g/mol. The molecular formula is C26H28N2O4. The first-order valence-electron chi connectivity index (χ1n) is 10.6. The molecule has 6 nitrogen and oxygen atoms in total. The van der Waals surface area contributed by atoms with E-state index in [1.807, 2.05) is 60.4 Å². The number of ether oxygens (including phenoxy) is 3. The van der Waals surface area contributed by atoms with Crippen molar-refractivity contribution >= 4 is 11.7 Å². The van der Waals surface area contributed by atoms with Gasteiger partial charge < -0.3 is 24.4 Å². The number of anilines is 1. The molecule has 0 bridgehead atoms. The molecule has 166 valence electrons. The van der Waals surface area contributed by atoms with Crippen molar-refractivity contribution in [1.29, 1.82) is 0 Å². The average Bonchev–Trinajstić information content (AvgIpc) is 2.83. The van der Waals surface area contributed by atoms with Crippen molar-refractivity contribution in [2.75, 3.05) is 33.2 Å². The number of urea groups is 1. The van der Waals surface area contributed by atoms with Crippen LogP contribution in [0.25, 0.3) is 0 Å². The quantitative estimate of drug-likeness (QED) is 0.602. The minimum Gasteiger partial charge on any atom is -0.497 e. The molecule has 0 saturated heterocycles. The Hall–Kier alpha value is -3.67. The van der Waals surface area contributed by atoms with E-state index in [2.05, 4.69) is 17.4 Å². The van der Waals surface area contributed by atoms with Crippen LogP contribution in [0.15, 0.2) is 60.7 Å². The zero-order chi connectivity index (χ0) is 22.7. The minimum absolute atomic E-state index is 0.146. The molecule has 32 heavy (non-hydrogen) atoms. The van der Waals surface area contributed by atoms with Gasteiger partial charge in [-0.15, -0.1) is 0 Å². The van der Waals surface area contributed by atoms with E-state index < -0.39 is 0 Å². The third-order valence-electron chi connectivity index (χ3n) is 5.93. The zero-order valence-electron chi connectivity index (χ0n) is 18.8. The lowest BCUT2D eigenvalue weighted by Crippen LogP contribution is -2.43. The molecule has 1 heterocycles. The van der Waals surface area contributed by atoms with Gasteiger partial charge in [0.05, 0.1) is 27.4 Å². The van der Waals surface area contributed by atoms with Gasteiger partial charge in [0.1, 0.15) is 5.75 Å². The Bertz CT molecular complexity index is 1110. The maximum Gasteiger partial charge on any atom is 0.322 e. The van der Waals surface area contributed by atoms with Crippen LogP contribution >= 0.6 is 0 Å². The van der Waals surface area contributed by atoms with Crippen LogP contribution in [0.3, 0.4) is 0 Å². The summed E-state index contributed by atoms with van der Waals surface area (Å²) in [6, 6.07) is 19.3. The summed E-state index contributed by atoms with van der Waals surface area (Å²) in [5.74, 6) is 2.11. The van der Waals surface area contributed by atoms with Crippen LogP contribution < -0.4 is 19.5 Å². The number of hydrogen-bond donors (Lipinski definition) is 1. The second-order valence-electron chi connectivity index (χ2n) is 7.77. The molecule has 0 radical (unpaired) electrons. The largest absolute Gasteiger partial charge is 0.497 e. The highest BCUT2D eigenvalue weighted by atomic mass is 16.5. The third kappa shape index (κ3) is 4.08. The molecule has 2 amide bonds. The monoisotopic (exact) mass is 432 g/mol. The molecule has 1 atom stereocenters. The molecule has 0 fully saturated rings. The Morgan fingerprint density at radius 3 is 2.31 bits per heavy atom. The standard InChI is InChI=1S/C26H28N2O4/c1-17-14-20(30-2)10-11-22(17)27-26(29)28-13-12-19-15-23(31-3)24(32-4)16-21(19)25(28)18-8-6-5-7-9-18/h5-11,14-16,25H,12-13H2,1-4H3,(H,27,29). The fourth-order valence-electron chi connectivity index (χ4n) is 4.25. The lowest BCUT2D eigenvalue weighted by atomic mass is 9.88. The van der Waals surface area contributed by atoms with Gasteiger partial charge in [-0.25, -0.2) is 4.79 Å². The Morgan fingerprint density at radius 2 is 1.66 bits per heavy atom. The molecule has 4 rings (SSSR count). The van der Waals surface area contributed by atoms with E-state index in [0.717, 1.165) is 40.1 Å². The highest BCUT2D eigenvalue weighted by molar-refractivity contribution is 5.91. The summed E-state index contributed by atoms with van der Waals surface area (Å²) in [6.45, 7) is 2.54. The summed E-state index contributed by atoms with van der Waals surface area (Å²) in [5.41, 5.74) is 4.95. The van der Waals surface area contributed by atoms with Crippen molar-refractivity contribution in [2.24, 2.45) is 0 Å². The predicted molar refractivity (Wildman–Crippen MR) is 125 cm³/mol. The van der Waals surface area contributed by atoms with Crippen molar-refractivity contribution in [3.8, 4) is 17.2 Å². The number of amides is 2. The summed E-state index contributed by atoms with van der Waals surface area (Å²) in [6.07, 6.45) is 0.730. The normalized spacial score (nSPS) is 15.0. The van der Waals surface area contributed by atoms with Gasteiger partial charge in [-0.3, -0.25) is 0 Å². The van der Waals surface area contributed by atoms with Crippen molar-refractivity contribution in [3.63, 3.8) is 0 Å². The van der Waals surface area contributed by atoms with Crippen molar-refractivity contribution < 1.29 is 19.0 Å². The summed E-state index contributed by atoms with van der Waals surface area (Å²) in [4.78, 5) is 15.4. The highest BCUT2D eigenvalue weighted by Crippen LogP contribution is 2.41. The Kier molecular flexibility index (Phi) is 6.21. The fourth-order valence-corrected chi connectivity index (χ4v) is 4.25. The summed E-state index contributed by atoms with van der Waals surface area (Å²) in [7, 11) is 4.89. The Labute approximate surface area is 188 Å².